The fourth-order valence-electron chi connectivity index (χ4n) is 2.54. The molecule has 0 amide bonds. The fraction of sp³-hybridized carbons (Fsp3) is 0.368. The van der Waals surface area contributed by atoms with Crippen LogP contribution in [0.5, 0.6) is 11.5 Å². The molecule has 2 N–H and O–H groups in total. The van der Waals surface area contributed by atoms with Crippen LogP contribution in [0.1, 0.15) is 44.2 Å². The molecule has 2 aromatic carbocycles. The largest absolute Gasteiger partial charge is 0.457 e. The van der Waals surface area contributed by atoms with E-state index in [-0.39, 0.29) is 5.41 Å². The van der Waals surface area contributed by atoms with Crippen molar-refractivity contribution in [3.05, 3.63) is 59.7 Å². The monoisotopic (exact) mass is 281 g/mol. The van der Waals surface area contributed by atoms with Gasteiger partial charge in [0, 0.05) is 12.0 Å². The molecular weight excluding hydrogens is 258 g/mol. The van der Waals surface area contributed by atoms with Crippen molar-refractivity contribution >= 4 is 0 Å². The molecule has 0 heterocycles. The lowest BCUT2D eigenvalue weighted by Gasteiger charge is -2.19. The fourth-order valence-corrected chi connectivity index (χ4v) is 2.54. The molecule has 1 fully saturated rings. The normalized spacial score (nSPS) is 21.1. The molecule has 2 heteroatoms. The van der Waals surface area contributed by atoms with Crippen molar-refractivity contribution in [3.63, 3.8) is 0 Å². The van der Waals surface area contributed by atoms with Gasteiger partial charge >= 0.3 is 0 Å². The first-order valence-corrected chi connectivity index (χ1v) is 7.57. The molecule has 110 valence electrons. The van der Waals surface area contributed by atoms with E-state index in [4.69, 9.17) is 10.5 Å². The van der Waals surface area contributed by atoms with Gasteiger partial charge in [0.1, 0.15) is 11.5 Å². The Hall–Kier alpha value is -1.80. The number of benzene rings is 2. The number of hydrogen-bond acceptors (Lipinski definition) is 2. The third-order valence-corrected chi connectivity index (χ3v) is 4.10. The first kappa shape index (κ1) is 14.2. The molecule has 1 aliphatic carbocycles. The van der Waals surface area contributed by atoms with Crippen molar-refractivity contribution in [2.75, 3.05) is 0 Å². The Labute approximate surface area is 126 Å². The Morgan fingerprint density at radius 1 is 0.905 bits per heavy atom. The number of rotatable bonds is 3. The van der Waals surface area contributed by atoms with E-state index >= 15 is 0 Å². The number of hydrogen-bond donors (Lipinski definition) is 1. The Morgan fingerprint density at radius 2 is 1.38 bits per heavy atom. The van der Waals surface area contributed by atoms with E-state index in [1.165, 1.54) is 11.1 Å². The molecule has 2 atom stereocenters. The molecule has 0 aromatic heterocycles. The predicted octanol–water partition coefficient (Wildman–Crippen LogP) is 4.59. The molecule has 2 aromatic rings. The summed E-state index contributed by atoms with van der Waals surface area (Å²) in [5.74, 6) is 2.29. The van der Waals surface area contributed by atoms with E-state index in [0.717, 1.165) is 17.9 Å². The van der Waals surface area contributed by atoms with Gasteiger partial charge in [0.05, 0.1) is 0 Å². The standard InChI is InChI=1S/C19H23NO/c1-19(2,3)14-6-10-16(11-7-14)21-15-8-4-13(5-9-15)17-12-18(17)20/h4-11,17-18H,12,20H2,1-3H3. The van der Waals surface area contributed by atoms with Crippen molar-refractivity contribution < 1.29 is 4.74 Å². The highest BCUT2D eigenvalue weighted by Crippen LogP contribution is 2.39. The summed E-state index contributed by atoms with van der Waals surface area (Å²) in [5.41, 5.74) is 8.68. The molecular formula is C19H23NO. The second-order valence-corrected chi connectivity index (χ2v) is 6.95. The van der Waals surface area contributed by atoms with Gasteiger partial charge in [-0.2, -0.15) is 0 Å². The minimum Gasteiger partial charge on any atom is -0.457 e. The lowest BCUT2D eigenvalue weighted by Crippen LogP contribution is -2.10. The molecule has 21 heavy (non-hydrogen) atoms. The minimum absolute atomic E-state index is 0.170. The minimum atomic E-state index is 0.170. The van der Waals surface area contributed by atoms with Gasteiger partial charge in [-0.1, -0.05) is 45.0 Å². The van der Waals surface area contributed by atoms with Crippen LogP contribution in [0.2, 0.25) is 0 Å². The van der Waals surface area contributed by atoms with Gasteiger partial charge in [0.2, 0.25) is 0 Å². The Balaban J connectivity index is 1.68. The van der Waals surface area contributed by atoms with E-state index < -0.39 is 0 Å². The molecule has 0 bridgehead atoms. The van der Waals surface area contributed by atoms with Gasteiger partial charge in [-0.3, -0.25) is 0 Å². The van der Waals surface area contributed by atoms with E-state index in [1.54, 1.807) is 0 Å². The highest BCUT2D eigenvalue weighted by Gasteiger charge is 2.34. The lowest BCUT2D eigenvalue weighted by molar-refractivity contribution is 0.481. The SMILES string of the molecule is CC(C)(C)c1ccc(Oc2ccc(C3CC3N)cc2)cc1. The first-order chi connectivity index (χ1) is 9.93. The zero-order chi connectivity index (χ0) is 15.0. The molecule has 1 aliphatic rings. The van der Waals surface area contributed by atoms with Gasteiger partial charge < -0.3 is 10.5 Å². The maximum Gasteiger partial charge on any atom is 0.127 e. The van der Waals surface area contributed by atoms with Crippen molar-refractivity contribution in [1.29, 1.82) is 0 Å². The summed E-state index contributed by atoms with van der Waals surface area (Å²) >= 11 is 0. The molecule has 3 rings (SSSR count). The first-order valence-electron chi connectivity index (χ1n) is 7.57. The quantitative estimate of drug-likeness (QED) is 0.893. The topological polar surface area (TPSA) is 35.2 Å². The molecule has 2 nitrogen and oxygen atoms in total. The van der Waals surface area contributed by atoms with Gasteiger partial charge in [-0.05, 0) is 47.2 Å². The summed E-state index contributed by atoms with van der Waals surface area (Å²) in [6.07, 6.45) is 1.11. The molecule has 2 unspecified atom stereocenters. The number of ether oxygens (including phenoxy) is 1. The van der Waals surface area contributed by atoms with E-state index in [0.29, 0.717) is 12.0 Å². The lowest BCUT2D eigenvalue weighted by atomic mass is 9.87. The molecule has 0 spiro atoms. The molecule has 1 saturated carbocycles. The third-order valence-electron chi connectivity index (χ3n) is 4.10. The Morgan fingerprint density at radius 3 is 1.81 bits per heavy atom. The molecule has 0 aliphatic heterocycles. The van der Waals surface area contributed by atoms with E-state index in [1.807, 2.05) is 24.3 Å². The van der Waals surface area contributed by atoms with Gasteiger partial charge in [-0.15, -0.1) is 0 Å². The zero-order valence-electron chi connectivity index (χ0n) is 13.0. The van der Waals surface area contributed by atoms with Crippen molar-refractivity contribution in [2.24, 2.45) is 5.73 Å². The Kier molecular flexibility index (Phi) is 3.50. The summed E-state index contributed by atoms with van der Waals surface area (Å²) in [6, 6.07) is 17.0. The van der Waals surface area contributed by atoms with Crippen LogP contribution in [-0.4, -0.2) is 6.04 Å². The van der Waals surface area contributed by atoms with Gasteiger partial charge in [0.15, 0.2) is 0 Å². The average molecular weight is 281 g/mol. The summed E-state index contributed by atoms with van der Waals surface area (Å²) in [7, 11) is 0. The summed E-state index contributed by atoms with van der Waals surface area (Å²) in [4.78, 5) is 0. The van der Waals surface area contributed by atoms with Crippen LogP contribution < -0.4 is 10.5 Å². The van der Waals surface area contributed by atoms with E-state index in [9.17, 15) is 0 Å². The van der Waals surface area contributed by atoms with Crippen LogP contribution in [-0.2, 0) is 5.41 Å². The third kappa shape index (κ3) is 3.27. The van der Waals surface area contributed by atoms with Gasteiger partial charge in [-0.25, -0.2) is 0 Å². The highest BCUT2D eigenvalue weighted by molar-refractivity contribution is 5.38. The maximum absolute atomic E-state index is 5.90. The van der Waals surface area contributed by atoms with Crippen molar-refractivity contribution in [1.82, 2.24) is 0 Å². The van der Waals surface area contributed by atoms with Crippen LogP contribution in [0, 0.1) is 0 Å². The second-order valence-electron chi connectivity index (χ2n) is 6.95. The van der Waals surface area contributed by atoms with Gasteiger partial charge in [0.25, 0.3) is 0 Å². The van der Waals surface area contributed by atoms with Crippen LogP contribution in [0.25, 0.3) is 0 Å². The van der Waals surface area contributed by atoms with Crippen LogP contribution in [0.3, 0.4) is 0 Å². The zero-order valence-corrected chi connectivity index (χ0v) is 13.0. The molecule has 0 saturated heterocycles. The van der Waals surface area contributed by atoms with Crippen molar-refractivity contribution in [2.45, 2.75) is 44.6 Å². The average Bonchev–Trinajstić information content (AvgIpc) is 3.16. The second kappa shape index (κ2) is 5.19. The Bertz CT molecular complexity index is 608. The molecule has 0 radical (unpaired) electrons. The van der Waals surface area contributed by atoms with Crippen LogP contribution in [0.4, 0.5) is 0 Å². The summed E-state index contributed by atoms with van der Waals surface area (Å²) in [5, 5.41) is 0. The predicted molar refractivity (Wildman–Crippen MR) is 87.0 cm³/mol. The van der Waals surface area contributed by atoms with Crippen molar-refractivity contribution in [3.8, 4) is 11.5 Å². The maximum atomic E-state index is 5.90. The van der Waals surface area contributed by atoms with E-state index in [2.05, 4.69) is 45.0 Å². The van der Waals surface area contributed by atoms with Crippen LogP contribution >= 0.6 is 0 Å². The van der Waals surface area contributed by atoms with Crippen LogP contribution in [0.15, 0.2) is 48.5 Å². The smallest absolute Gasteiger partial charge is 0.127 e. The summed E-state index contributed by atoms with van der Waals surface area (Å²) in [6.45, 7) is 6.64. The summed E-state index contributed by atoms with van der Waals surface area (Å²) < 4.78 is 5.90. The highest BCUT2D eigenvalue weighted by atomic mass is 16.5. The number of nitrogens with two attached hydrogens (primary N) is 1.